The van der Waals surface area contributed by atoms with Crippen LogP contribution in [-0.2, 0) is 28.5 Å². The molecule has 0 aromatic carbocycles. The molecule has 7 nitrogen and oxygen atoms in total. The minimum Gasteiger partial charge on any atom is -0.455 e. The first kappa shape index (κ1) is 16.1. The summed E-state index contributed by atoms with van der Waals surface area (Å²) in [6, 6.07) is 0. The molecule has 4 aliphatic rings. The zero-order chi connectivity index (χ0) is 17.5. The molecule has 0 aromatic rings. The number of rotatable bonds is 1. The summed E-state index contributed by atoms with van der Waals surface area (Å²) >= 11 is 0. The van der Waals surface area contributed by atoms with Crippen LogP contribution in [0.1, 0.15) is 47.0 Å². The number of carbonyl (C=O) groups excluding carboxylic acids is 2. The van der Waals surface area contributed by atoms with Crippen molar-refractivity contribution >= 4 is 11.9 Å². The van der Waals surface area contributed by atoms with E-state index in [0.717, 1.165) is 12.8 Å². The average molecular weight is 338 g/mol. The van der Waals surface area contributed by atoms with Gasteiger partial charge in [-0.25, -0.2) is 4.79 Å². The zero-order valence-corrected chi connectivity index (χ0v) is 14.3. The summed E-state index contributed by atoms with van der Waals surface area (Å²) in [5.41, 5.74) is -0.481. The average Bonchev–Trinajstić information content (AvgIpc) is 3.27. The van der Waals surface area contributed by atoms with E-state index < -0.39 is 41.1 Å². The molecule has 132 valence electrons. The number of carbonyl (C=O) groups is 2. The Hall–Kier alpha value is -1.44. The molecule has 0 amide bonds. The Morgan fingerprint density at radius 1 is 1.29 bits per heavy atom. The predicted octanol–water partition coefficient (Wildman–Crippen LogP) is 0.979. The molecule has 2 saturated heterocycles. The van der Waals surface area contributed by atoms with Gasteiger partial charge in [0.15, 0.2) is 6.10 Å². The molecule has 1 saturated carbocycles. The van der Waals surface area contributed by atoms with Gasteiger partial charge in [0, 0.05) is 18.9 Å². The highest BCUT2D eigenvalue weighted by molar-refractivity contribution is 5.92. The van der Waals surface area contributed by atoms with Crippen molar-refractivity contribution in [3.05, 3.63) is 11.1 Å². The Bertz CT molecular complexity index is 670. The van der Waals surface area contributed by atoms with Crippen LogP contribution in [0.4, 0.5) is 0 Å². The van der Waals surface area contributed by atoms with Gasteiger partial charge in [0.1, 0.15) is 6.10 Å². The van der Waals surface area contributed by atoms with Gasteiger partial charge >= 0.3 is 11.9 Å². The Morgan fingerprint density at radius 3 is 2.67 bits per heavy atom. The van der Waals surface area contributed by atoms with Crippen molar-refractivity contribution in [3.63, 3.8) is 0 Å². The van der Waals surface area contributed by atoms with Crippen molar-refractivity contribution in [2.24, 2.45) is 0 Å². The van der Waals surface area contributed by atoms with E-state index in [2.05, 4.69) is 0 Å². The Morgan fingerprint density at radius 2 is 2.00 bits per heavy atom. The van der Waals surface area contributed by atoms with Crippen LogP contribution in [-0.4, -0.2) is 52.3 Å². The fraction of sp³-hybridized carbons (Fsp3) is 0.765. The first-order chi connectivity index (χ1) is 11.1. The summed E-state index contributed by atoms with van der Waals surface area (Å²) in [6.07, 6.45) is 0.394. The molecule has 3 aliphatic heterocycles. The Labute approximate surface area is 139 Å². The molecule has 0 unspecified atom stereocenters. The SMILES string of the molecule is CC(=O)O[C@@H]1C2=C(C)C(=O)O[C@@]2(O)C[C@]2(C)O[C@@H]2CC[C@@]2(C)O[C@@H]12. The minimum absolute atomic E-state index is 0.00525. The van der Waals surface area contributed by atoms with Gasteiger partial charge in [-0.3, -0.25) is 4.79 Å². The quantitative estimate of drug-likeness (QED) is 0.562. The molecule has 4 rings (SSSR count). The highest BCUT2D eigenvalue weighted by Gasteiger charge is 2.68. The standard InChI is InChI=1S/C17H22O7/c1-8-11-12(21-9(2)18)13-15(3,23-13)6-5-10-16(4,22-10)7-17(11,20)24-14(8)19/h10,12-13,20H,5-7H2,1-4H3/t10-,12-,13+,15-,16+,17+/m1/s1. The number of ether oxygens (including phenoxy) is 4. The summed E-state index contributed by atoms with van der Waals surface area (Å²) < 4.78 is 22.4. The van der Waals surface area contributed by atoms with Crippen LogP contribution in [0.3, 0.4) is 0 Å². The lowest BCUT2D eigenvalue weighted by atomic mass is 9.82. The highest BCUT2D eigenvalue weighted by Crippen LogP contribution is 2.56. The lowest BCUT2D eigenvalue weighted by molar-refractivity contribution is -0.192. The Kier molecular flexibility index (Phi) is 3.07. The van der Waals surface area contributed by atoms with Gasteiger partial charge in [-0.15, -0.1) is 0 Å². The monoisotopic (exact) mass is 338 g/mol. The third-order valence-corrected chi connectivity index (χ3v) is 5.71. The fourth-order valence-electron chi connectivity index (χ4n) is 4.25. The van der Waals surface area contributed by atoms with E-state index in [4.69, 9.17) is 18.9 Å². The summed E-state index contributed by atoms with van der Waals surface area (Å²) in [5, 5.41) is 11.1. The van der Waals surface area contributed by atoms with E-state index in [9.17, 15) is 14.7 Å². The van der Waals surface area contributed by atoms with Gasteiger partial charge in [-0.2, -0.15) is 0 Å². The molecule has 1 N–H and O–H groups in total. The summed E-state index contributed by atoms with van der Waals surface area (Å²) in [5.74, 6) is -2.94. The molecule has 0 aromatic heterocycles. The number of esters is 2. The maximum absolute atomic E-state index is 12.1. The number of hydrogen-bond donors (Lipinski definition) is 1. The molecular formula is C17H22O7. The van der Waals surface area contributed by atoms with E-state index in [0.29, 0.717) is 0 Å². The summed E-state index contributed by atoms with van der Waals surface area (Å²) in [4.78, 5) is 23.8. The predicted molar refractivity (Wildman–Crippen MR) is 79.7 cm³/mol. The van der Waals surface area contributed by atoms with Crippen molar-refractivity contribution in [1.29, 1.82) is 0 Å². The second kappa shape index (κ2) is 4.59. The molecule has 7 heteroatoms. The molecule has 3 fully saturated rings. The van der Waals surface area contributed by atoms with Crippen LogP contribution in [0.15, 0.2) is 11.1 Å². The van der Waals surface area contributed by atoms with Crippen LogP contribution < -0.4 is 0 Å². The van der Waals surface area contributed by atoms with Crippen molar-refractivity contribution < 1.29 is 33.6 Å². The number of hydrogen-bond acceptors (Lipinski definition) is 7. The highest BCUT2D eigenvalue weighted by atomic mass is 16.7. The largest absolute Gasteiger partial charge is 0.455 e. The van der Waals surface area contributed by atoms with Crippen molar-refractivity contribution in [2.75, 3.05) is 0 Å². The van der Waals surface area contributed by atoms with Gasteiger partial charge < -0.3 is 24.1 Å². The zero-order valence-electron chi connectivity index (χ0n) is 14.3. The summed E-state index contributed by atoms with van der Waals surface area (Å²) in [7, 11) is 0. The van der Waals surface area contributed by atoms with Gasteiger partial charge in [0.05, 0.1) is 22.9 Å². The molecule has 24 heavy (non-hydrogen) atoms. The van der Waals surface area contributed by atoms with E-state index in [1.54, 1.807) is 6.92 Å². The first-order valence-electron chi connectivity index (χ1n) is 8.28. The van der Waals surface area contributed by atoms with Crippen LogP contribution in [0.25, 0.3) is 0 Å². The molecule has 3 heterocycles. The minimum atomic E-state index is -1.84. The smallest absolute Gasteiger partial charge is 0.336 e. The summed E-state index contributed by atoms with van der Waals surface area (Å²) in [6.45, 7) is 6.71. The topological polar surface area (TPSA) is 97.9 Å². The first-order valence-corrected chi connectivity index (χ1v) is 8.28. The van der Waals surface area contributed by atoms with Gasteiger partial charge in [-0.1, -0.05) is 0 Å². The molecule has 0 spiro atoms. The van der Waals surface area contributed by atoms with Crippen LogP contribution in [0.5, 0.6) is 0 Å². The third-order valence-electron chi connectivity index (χ3n) is 5.71. The fourth-order valence-corrected chi connectivity index (χ4v) is 4.25. The number of aliphatic hydroxyl groups is 1. The van der Waals surface area contributed by atoms with Crippen molar-refractivity contribution in [1.82, 2.24) is 0 Å². The van der Waals surface area contributed by atoms with Gasteiger partial charge in [0.25, 0.3) is 0 Å². The molecule has 0 radical (unpaired) electrons. The van der Waals surface area contributed by atoms with Gasteiger partial charge in [-0.05, 0) is 33.6 Å². The van der Waals surface area contributed by atoms with Crippen LogP contribution >= 0.6 is 0 Å². The second-order valence-corrected chi connectivity index (χ2v) is 7.73. The lowest BCUT2D eigenvalue weighted by Crippen LogP contribution is -2.45. The lowest BCUT2D eigenvalue weighted by Gasteiger charge is -2.31. The van der Waals surface area contributed by atoms with E-state index in [-0.39, 0.29) is 23.7 Å². The normalized spacial score (nSPS) is 49.5. The molecule has 6 atom stereocenters. The van der Waals surface area contributed by atoms with Crippen molar-refractivity contribution in [2.45, 2.75) is 82.3 Å². The van der Waals surface area contributed by atoms with E-state index in [1.807, 2.05) is 13.8 Å². The maximum Gasteiger partial charge on any atom is 0.336 e. The van der Waals surface area contributed by atoms with Crippen LogP contribution in [0.2, 0.25) is 0 Å². The molecule has 1 aliphatic carbocycles. The maximum atomic E-state index is 12.1. The van der Waals surface area contributed by atoms with E-state index >= 15 is 0 Å². The number of epoxide rings is 2. The third kappa shape index (κ3) is 2.22. The van der Waals surface area contributed by atoms with E-state index in [1.165, 1.54) is 6.92 Å². The van der Waals surface area contributed by atoms with Crippen LogP contribution in [0, 0.1) is 0 Å². The molecule has 0 bridgehead atoms. The van der Waals surface area contributed by atoms with Crippen molar-refractivity contribution in [3.8, 4) is 0 Å². The number of fused-ring (bicyclic) bond motifs is 3. The second-order valence-electron chi connectivity index (χ2n) is 7.73. The Balaban J connectivity index is 1.79. The molecular weight excluding hydrogens is 316 g/mol. The van der Waals surface area contributed by atoms with Gasteiger partial charge in [0.2, 0.25) is 5.79 Å².